The Morgan fingerprint density at radius 2 is 2.13 bits per heavy atom. The lowest BCUT2D eigenvalue weighted by Gasteiger charge is -2.11. The molecule has 1 aromatic heterocycles. The Kier molecular flexibility index (Phi) is 2.45. The van der Waals surface area contributed by atoms with Gasteiger partial charge in [0.15, 0.2) is 5.69 Å². The molecule has 0 radical (unpaired) electrons. The second-order valence-corrected chi connectivity index (χ2v) is 4.26. The Bertz CT molecular complexity index is 368. The van der Waals surface area contributed by atoms with Crippen molar-refractivity contribution in [2.24, 2.45) is 5.92 Å². The molecule has 1 heterocycles. The topological polar surface area (TPSA) is 17.8 Å². The minimum absolute atomic E-state index is 0.0476. The third kappa shape index (κ3) is 2.12. The molecular formula is C9H10ClF3N2. The third-order valence-electron chi connectivity index (χ3n) is 2.67. The fraction of sp³-hybridized carbons (Fsp3) is 0.667. The quantitative estimate of drug-likeness (QED) is 0.771. The van der Waals surface area contributed by atoms with Crippen LogP contribution in [-0.4, -0.2) is 9.78 Å². The Morgan fingerprint density at radius 1 is 1.53 bits per heavy atom. The van der Waals surface area contributed by atoms with E-state index < -0.39 is 11.9 Å². The minimum atomic E-state index is -4.42. The highest BCUT2D eigenvalue weighted by Gasteiger charge is 2.37. The zero-order chi connectivity index (χ0) is 11.2. The second-order valence-electron chi connectivity index (χ2n) is 3.87. The van der Waals surface area contributed by atoms with Gasteiger partial charge in [-0.05, 0) is 25.7 Å². The number of aromatic nitrogens is 2. The largest absolute Gasteiger partial charge is 0.435 e. The smallest absolute Gasteiger partial charge is 0.250 e. The van der Waals surface area contributed by atoms with E-state index in [1.54, 1.807) is 0 Å². The van der Waals surface area contributed by atoms with Crippen molar-refractivity contribution in [3.63, 3.8) is 0 Å². The lowest BCUT2D eigenvalue weighted by Crippen LogP contribution is -2.12. The van der Waals surface area contributed by atoms with Crippen molar-refractivity contribution in [1.82, 2.24) is 9.78 Å². The van der Waals surface area contributed by atoms with Crippen molar-refractivity contribution in [2.45, 2.75) is 32.0 Å². The summed E-state index contributed by atoms with van der Waals surface area (Å²) in [5.74, 6) is 0.420. The number of rotatable bonds is 2. The van der Waals surface area contributed by atoms with Crippen LogP contribution in [0.5, 0.6) is 0 Å². The summed E-state index contributed by atoms with van der Waals surface area (Å²) in [4.78, 5) is 0. The molecule has 2 nitrogen and oxygen atoms in total. The van der Waals surface area contributed by atoms with Gasteiger partial charge in [0.2, 0.25) is 0 Å². The SMILES string of the molecule is CC(C1CC1)n1nc(C(F)(F)F)cc1Cl. The first-order chi connectivity index (χ1) is 6.89. The Hall–Kier alpha value is -0.710. The van der Waals surface area contributed by atoms with E-state index in [2.05, 4.69) is 5.10 Å². The van der Waals surface area contributed by atoms with E-state index in [0.29, 0.717) is 5.92 Å². The van der Waals surface area contributed by atoms with Gasteiger partial charge in [-0.2, -0.15) is 18.3 Å². The molecule has 1 saturated carbocycles. The summed E-state index contributed by atoms with van der Waals surface area (Å²) in [5, 5.41) is 3.56. The molecule has 0 bridgehead atoms. The molecule has 1 fully saturated rings. The minimum Gasteiger partial charge on any atom is -0.250 e. The maximum atomic E-state index is 12.3. The zero-order valence-corrected chi connectivity index (χ0v) is 8.81. The lowest BCUT2D eigenvalue weighted by atomic mass is 10.2. The van der Waals surface area contributed by atoms with Gasteiger partial charge in [0.25, 0.3) is 0 Å². The monoisotopic (exact) mass is 238 g/mol. The van der Waals surface area contributed by atoms with Crippen molar-refractivity contribution >= 4 is 11.6 Å². The van der Waals surface area contributed by atoms with E-state index in [4.69, 9.17) is 11.6 Å². The molecule has 0 aromatic carbocycles. The molecule has 1 aliphatic rings. The highest BCUT2D eigenvalue weighted by atomic mass is 35.5. The predicted molar refractivity (Wildman–Crippen MR) is 49.7 cm³/mol. The summed E-state index contributed by atoms with van der Waals surface area (Å²) in [5.41, 5.74) is -0.917. The highest BCUT2D eigenvalue weighted by Crippen LogP contribution is 2.41. The third-order valence-corrected chi connectivity index (χ3v) is 2.95. The second kappa shape index (κ2) is 3.40. The predicted octanol–water partition coefficient (Wildman–Crippen LogP) is 3.53. The van der Waals surface area contributed by atoms with E-state index in [0.717, 1.165) is 18.9 Å². The molecule has 1 aromatic rings. The highest BCUT2D eigenvalue weighted by molar-refractivity contribution is 6.29. The van der Waals surface area contributed by atoms with Crippen molar-refractivity contribution in [3.8, 4) is 0 Å². The Labute approximate surface area is 90.0 Å². The molecule has 1 aliphatic carbocycles. The van der Waals surface area contributed by atoms with Crippen molar-refractivity contribution in [3.05, 3.63) is 16.9 Å². The molecule has 0 spiro atoms. The summed E-state index contributed by atoms with van der Waals surface area (Å²) in [7, 11) is 0. The van der Waals surface area contributed by atoms with Gasteiger partial charge in [-0.15, -0.1) is 0 Å². The first-order valence-electron chi connectivity index (χ1n) is 4.72. The number of hydrogen-bond donors (Lipinski definition) is 0. The van der Waals surface area contributed by atoms with Crippen LogP contribution < -0.4 is 0 Å². The number of halogens is 4. The van der Waals surface area contributed by atoms with E-state index in [1.165, 1.54) is 4.68 Å². The lowest BCUT2D eigenvalue weighted by molar-refractivity contribution is -0.141. The number of hydrogen-bond acceptors (Lipinski definition) is 1. The molecule has 0 amide bonds. The average molecular weight is 239 g/mol. The van der Waals surface area contributed by atoms with Crippen molar-refractivity contribution in [1.29, 1.82) is 0 Å². The van der Waals surface area contributed by atoms with Crippen LogP contribution in [0.4, 0.5) is 13.2 Å². The van der Waals surface area contributed by atoms with Crippen LogP contribution in [0.25, 0.3) is 0 Å². The molecule has 1 unspecified atom stereocenters. The standard InChI is InChI=1S/C9H10ClF3N2/c1-5(6-2-3-6)15-8(10)4-7(14-15)9(11,12)13/h4-6H,2-3H2,1H3. The molecule has 1 atom stereocenters. The van der Waals surface area contributed by atoms with Crippen LogP contribution in [0, 0.1) is 5.92 Å². The molecule has 0 N–H and O–H groups in total. The van der Waals surface area contributed by atoms with Crippen molar-refractivity contribution in [2.75, 3.05) is 0 Å². The molecule has 0 aliphatic heterocycles. The molecule has 2 rings (SSSR count). The molecule has 15 heavy (non-hydrogen) atoms. The maximum Gasteiger partial charge on any atom is 0.435 e. The van der Waals surface area contributed by atoms with Gasteiger partial charge in [0, 0.05) is 6.07 Å². The van der Waals surface area contributed by atoms with Crippen LogP contribution in [0.15, 0.2) is 6.07 Å². The summed E-state index contributed by atoms with van der Waals surface area (Å²) in [6, 6.07) is 0.828. The maximum absolute atomic E-state index is 12.3. The Balaban J connectivity index is 2.28. The average Bonchev–Trinajstić information content (AvgIpc) is 2.87. The first-order valence-corrected chi connectivity index (χ1v) is 5.09. The summed E-state index contributed by atoms with van der Waals surface area (Å²) >= 11 is 5.72. The van der Waals surface area contributed by atoms with Gasteiger partial charge >= 0.3 is 6.18 Å². The summed E-state index contributed by atoms with van der Waals surface area (Å²) in [6.45, 7) is 1.84. The molecule has 84 valence electrons. The first kappa shape index (κ1) is 10.8. The summed E-state index contributed by atoms with van der Waals surface area (Å²) < 4.78 is 38.2. The van der Waals surface area contributed by atoms with Crippen LogP contribution >= 0.6 is 11.6 Å². The molecule has 6 heteroatoms. The van der Waals surface area contributed by atoms with Crippen LogP contribution in [0.1, 0.15) is 31.5 Å². The Morgan fingerprint density at radius 3 is 2.53 bits per heavy atom. The van der Waals surface area contributed by atoms with Gasteiger partial charge in [0.05, 0.1) is 6.04 Å². The number of alkyl halides is 3. The molecular weight excluding hydrogens is 229 g/mol. The number of nitrogens with zero attached hydrogens (tertiary/aromatic N) is 2. The van der Waals surface area contributed by atoms with Crippen molar-refractivity contribution < 1.29 is 13.2 Å². The van der Waals surface area contributed by atoms with E-state index in [-0.39, 0.29) is 11.2 Å². The van der Waals surface area contributed by atoms with Crippen LogP contribution in [-0.2, 0) is 6.18 Å². The van der Waals surface area contributed by atoms with Gasteiger partial charge in [-0.25, -0.2) is 0 Å². The fourth-order valence-electron chi connectivity index (χ4n) is 1.57. The van der Waals surface area contributed by atoms with Crippen LogP contribution in [0.2, 0.25) is 5.15 Å². The van der Waals surface area contributed by atoms with E-state index in [1.807, 2.05) is 6.92 Å². The van der Waals surface area contributed by atoms with Gasteiger partial charge in [-0.1, -0.05) is 11.6 Å². The molecule has 0 saturated heterocycles. The van der Waals surface area contributed by atoms with Gasteiger partial charge in [-0.3, -0.25) is 4.68 Å². The summed E-state index contributed by atoms with van der Waals surface area (Å²) in [6.07, 6.45) is -2.34. The zero-order valence-electron chi connectivity index (χ0n) is 8.05. The van der Waals surface area contributed by atoms with Crippen LogP contribution in [0.3, 0.4) is 0 Å². The normalized spacial score (nSPS) is 19.3. The van der Waals surface area contributed by atoms with E-state index in [9.17, 15) is 13.2 Å². The fourth-order valence-corrected chi connectivity index (χ4v) is 1.87. The van der Waals surface area contributed by atoms with Gasteiger partial charge in [0.1, 0.15) is 5.15 Å². The van der Waals surface area contributed by atoms with Gasteiger partial charge < -0.3 is 0 Å². The van der Waals surface area contributed by atoms with E-state index >= 15 is 0 Å².